The minimum atomic E-state index is 0.0958. The summed E-state index contributed by atoms with van der Waals surface area (Å²) in [4.78, 5) is 20.3. The van der Waals surface area contributed by atoms with Gasteiger partial charge >= 0.3 is 0 Å². The summed E-state index contributed by atoms with van der Waals surface area (Å²) in [5.74, 6) is 0.237. The monoisotopic (exact) mass is 268 g/mol. The van der Waals surface area contributed by atoms with Crippen LogP contribution in [0.3, 0.4) is 0 Å². The maximum absolute atomic E-state index is 10.9. The molecule has 7 heteroatoms. The molecule has 0 amide bonds. The molecule has 0 bridgehead atoms. The SMILES string of the molecule is Nc1nc(/C(C=O)=N/OC2CCCCCC2)ns1. The first-order valence-electron chi connectivity index (χ1n) is 6.08. The third-order valence-corrected chi connectivity index (χ3v) is 3.43. The van der Waals surface area contributed by atoms with Gasteiger partial charge in [-0.3, -0.25) is 4.79 Å². The number of nitrogens with zero attached hydrogens (tertiary/aromatic N) is 3. The van der Waals surface area contributed by atoms with E-state index in [1.165, 1.54) is 12.8 Å². The van der Waals surface area contributed by atoms with Crippen molar-refractivity contribution in [1.82, 2.24) is 9.36 Å². The zero-order valence-electron chi connectivity index (χ0n) is 10.0. The van der Waals surface area contributed by atoms with Gasteiger partial charge in [-0.05, 0) is 25.7 Å². The number of nitrogen functional groups attached to an aromatic ring is 1. The Morgan fingerprint density at radius 2 is 2.11 bits per heavy atom. The summed E-state index contributed by atoms with van der Waals surface area (Å²) >= 11 is 1.03. The minimum Gasteiger partial charge on any atom is -0.392 e. The molecule has 0 aromatic carbocycles. The average Bonchev–Trinajstić information content (AvgIpc) is 2.65. The van der Waals surface area contributed by atoms with Gasteiger partial charge in [-0.25, -0.2) is 0 Å². The van der Waals surface area contributed by atoms with Crippen LogP contribution in [0.15, 0.2) is 5.16 Å². The number of nitrogens with two attached hydrogens (primary N) is 1. The molecule has 1 aliphatic rings. The molecule has 18 heavy (non-hydrogen) atoms. The van der Waals surface area contributed by atoms with Gasteiger partial charge in [0, 0.05) is 11.5 Å². The normalized spacial score (nSPS) is 18.3. The highest BCUT2D eigenvalue weighted by Crippen LogP contribution is 2.20. The Bertz CT molecular complexity index is 424. The number of carbonyl (C=O) groups is 1. The number of aromatic nitrogens is 2. The summed E-state index contributed by atoms with van der Waals surface area (Å²) in [7, 11) is 0. The van der Waals surface area contributed by atoms with Crippen LogP contribution in [0, 0.1) is 0 Å². The minimum absolute atomic E-state index is 0.0958. The van der Waals surface area contributed by atoms with Crippen molar-refractivity contribution in [2.24, 2.45) is 5.16 Å². The van der Waals surface area contributed by atoms with Crippen LogP contribution in [-0.4, -0.2) is 27.5 Å². The van der Waals surface area contributed by atoms with Gasteiger partial charge in [0.2, 0.25) is 0 Å². The lowest BCUT2D eigenvalue weighted by atomic mass is 10.2. The van der Waals surface area contributed by atoms with Crippen LogP contribution in [0.4, 0.5) is 5.13 Å². The van der Waals surface area contributed by atoms with Crippen LogP contribution in [0.1, 0.15) is 44.3 Å². The van der Waals surface area contributed by atoms with Gasteiger partial charge in [-0.2, -0.15) is 9.36 Å². The summed E-state index contributed by atoms with van der Waals surface area (Å²) in [6.07, 6.45) is 7.46. The Morgan fingerprint density at radius 3 is 2.67 bits per heavy atom. The van der Waals surface area contributed by atoms with Crippen molar-refractivity contribution in [2.75, 3.05) is 5.73 Å². The summed E-state index contributed by atoms with van der Waals surface area (Å²) in [6.45, 7) is 0. The Labute approximate surface area is 109 Å². The van der Waals surface area contributed by atoms with Crippen LogP contribution in [0.25, 0.3) is 0 Å². The fraction of sp³-hybridized carbons (Fsp3) is 0.636. The number of rotatable bonds is 4. The summed E-state index contributed by atoms with van der Waals surface area (Å²) in [6, 6.07) is 0. The lowest BCUT2D eigenvalue weighted by Crippen LogP contribution is -2.12. The molecule has 1 aliphatic carbocycles. The van der Waals surface area contributed by atoms with Gasteiger partial charge in [0.15, 0.2) is 23.0 Å². The van der Waals surface area contributed by atoms with E-state index in [1.54, 1.807) is 0 Å². The Hall–Kier alpha value is -1.50. The molecule has 2 rings (SSSR count). The van der Waals surface area contributed by atoms with E-state index in [0.29, 0.717) is 11.4 Å². The number of hydrogen-bond acceptors (Lipinski definition) is 7. The molecule has 0 aliphatic heterocycles. The van der Waals surface area contributed by atoms with Crippen molar-refractivity contribution < 1.29 is 9.63 Å². The molecule has 0 unspecified atom stereocenters. The highest BCUT2D eigenvalue weighted by molar-refractivity contribution is 7.09. The molecular formula is C11H16N4O2S. The molecule has 1 fully saturated rings. The lowest BCUT2D eigenvalue weighted by Gasteiger charge is -2.11. The molecule has 0 spiro atoms. The van der Waals surface area contributed by atoms with Gasteiger partial charge in [-0.15, -0.1) is 0 Å². The van der Waals surface area contributed by atoms with Crippen molar-refractivity contribution in [3.05, 3.63) is 5.82 Å². The maximum atomic E-state index is 10.9. The third kappa shape index (κ3) is 3.49. The third-order valence-electron chi connectivity index (χ3n) is 2.88. The molecule has 1 aromatic heterocycles. The van der Waals surface area contributed by atoms with Gasteiger partial charge in [-0.1, -0.05) is 18.0 Å². The molecule has 0 atom stereocenters. The van der Waals surface area contributed by atoms with E-state index >= 15 is 0 Å². The molecule has 2 N–H and O–H groups in total. The largest absolute Gasteiger partial charge is 0.392 e. The predicted octanol–water partition coefficient (Wildman–Crippen LogP) is 1.76. The average molecular weight is 268 g/mol. The fourth-order valence-electron chi connectivity index (χ4n) is 1.93. The Kier molecular flexibility index (Phi) is 4.63. The van der Waals surface area contributed by atoms with E-state index in [4.69, 9.17) is 10.6 Å². The molecule has 1 saturated carbocycles. The first-order valence-corrected chi connectivity index (χ1v) is 6.85. The molecule has 1 aromatic rings. The van der Waals surface area contributed by atoms with Crippen molar-refractivity contribution in [1.29, 1.82) is 0 Å². The van der Waals surface area contributed by atoms with Crippen molar-refractivity contribution in [3.8, 4) is 0 Å². The predicted molar refractivity (Wildman–Crippen MR) is 69.5 cm³/mol. The van der Waals surface area contributed by atoms with Gasteiger partial charge < -0.3 is 10.6 Å². The van der Waals surface area contributed by atoms with Crippen LogP contribution in [-0.2, 0) is 9.63 Å². The van der Waals surface area contributed by atoms with E-state index in [-0.39, 0.29) is 17.6 Å². The summed E-state index contributed by atoms with van der Waals surface area (Å²) in [5, 5.41) is 4.18. The first-order chi connectivity index (χ1) is 8.79. The van der Waals surface area contributed by atoms with E-state index in [9.17, 15) is 4.79 Å². The van der Waals surface area contributed by atoms with E-state index in [1.807, 2.05) is 0 Å². The Morgan fingerprint density at radius 1 is 1.39 bits per heavy atom. The molecule has 1 heterocycles. The lowest BCUT2D eigenvalue weighted by molar-refractivity contribution is -0.102. The molecule has 0 saturated heterocycles. The van der Waals surface area contributed by atoms with Crippen molar-refractivity contribution >= 4 is 28.7 Å². The van der Waals surface area contributed by atoms with E-state index in [2.05, 4.69) is 14.5 Å². The smallest absolute Gasteiger partial charge is 0.200 e. The number of carbonyl (C=O) groups excluding carboxylic acids is 1. The van der Waals surface area contributed by atoms with E-state index < -0.39 is 0 Å². The summed E-state index contributed by atoms with van der Waals surface area (Å²) < 4.78 is 3.93. The second-order valence-corrected chi connectivity index (χ2v) is 5.05. The van der Waals surface area contributed by atoms with E-state index in [0.717, 1.165) is 37.2 Å². The molecule has 0 radical (unpaired) electrons. The second kappa shape index (κ2) is 6.44. The number of oxime groups is 1. The number of anilines is 1. The highest BCUT2D eigenvalue weighted by Gasteiger charge is 2.15. The fourth-order valence-corrected chi connectivity index (χ4v) is 2.37. The number of aldehydes is 1. The van der Waals surface area contributed by atoms with Crippen molar-refractivity contribution in [3.63, 3.8) is 0 Å². The Balaban J connectivity index is 1.99. The van der Waals surface area contributed by atoms with Crippen molar-refractivity contribution in [2.45, 2.75) is 44.6 Å². The zero-order chi connectivity index (χ0) is 12.8. The highest BCUT2D eigenvalue weighted by atomic mass is 32.1. The van der Waals surface area contributed by atoms with Gasteiger partial charge in [0.1, 0.15) is 6.10 Å². The first kappa shape index (κ1) is 12.9. The van der Waals surface area contributed by atoms with Gasteiger partial charge in [0.05, 0.1) is 0 Å². The molecular weight excluding hydrogens is 252 g/mol. The van der Waals surface area contributed by atoms with Gasteiger partial charge in [0.25, 0.3) is 0 Å². The topological polar surface area (TPSA) is 90.5 Å². The standard InChI is InChI=1S/C11H16N4O2S/c12-11-13-10(15-18-11)9(7-16)14-17-8-5-3-1-2-4-6-8/h7-8H,1-6H2,(H2,12,13,15)/b14-9+. The quantitative estimate of drug-likeness (QED) is 0.389. The van der Waals surface area contributed by atoms with Crippen LogP contribution in [0.5, 0.6) is 0 Å². The number of hydrogen-bond donors (Lipinski definition) is 1. The second-order valence-electron chi connectivity index (χ2n) is 4.27. The van der Waals surface area contributed by atoms with Crippen LogP contribution >= 0.6 is 11.5 Å². The zero-order valence-corrected chi connectivity index (χ0v) is 10.9. The molecule has 6 nitrogen and oxygen atoms in total. The van der Waals surface area contributed by atoms with Crippen LogP contribution < -0.4 is 5.73 Å². The van der Waals surface area contributed by atoms with Crippen LogP contribution in [0.2, 0.25) is 0 Å². The summed E-state index contributed by atoms with van der Waals surface area (Å²) in [5.41, 5.74) is 5.57. The molecule has 98 valence electrons. The maximum Gasteiger partial charge on any atom is 0.200 e.